The number of esters is 6. The third-order valence-electron chi connectivity index (χ3n) is 10.6. The summed E-state index contributed by atoms with van der Waals surface area (Å²) in [6, 6.07) is 0. The quantitative estimate of drug-likeness (QED) is 0.0271. The molecule has 40 heteroatoms. The van der Waals surface area contributed by atoms with E-state index in [1.165, 1.54) is 27.1 Å². The van der Waals surface area contributed by atoms with Crippen molar-refractivity contribution >= 4 is 89.5 Å². The van der Waals surface area contributed by atoms with Crippen molar-refractivity contribution < 1.29 is 190 Å². The summed E-state index contributed by atoms with van der Waals surface area (Å²) in [5, 5.41) is 12.1. The zero-order valence-electron chi connectivity index (χ0n) is 64.7. The second-order valence-corrected chi connectivity index (χ2v) is 25.1. The summed E-state index contributed by atoms with van der Waals surface area (Å²) < 4.78 is 91.7. The van der Waals surface area contributed by atoms with Crippen molar-refractivity contribution in [3.05, 3.63) is 0 Å². The van der Waals surface area contributed by atoms with Crippen molar-refractivity contribution in [3.8, 4) is 0 Å². The molecule has 0 heterocycles. The maximum Gasteiger partial charge on any atom is 0.408 e. The van der Waals surface area contributed by atoms with Crippen molar-refractivity contribution in [3.63, 3.8) is 0 Å². The largest absolute Gasteiger partial charge is 0.540 e. The number of amides is 5. The van der Waals surface area contributed by atoms with Gasteiger partial charge in [0.2, 0.25) is 11.8 Å². The predicted molar refractivity (Wildman–Crippen MR) is 366 cm³/mol. The molecule has 5 amide bonds. The van der Waals surface area contributed by atoms with E-state index in [2.05, 4.69) is 26.6 Å². The molecule has 106 heavy (non-hydrogen) atoms. The Morgan fingerprint density at radius 2 is 0.519 bits per heavy atom. The Bertz CT molecular complexity index is 2440. The van der Waals surface area contributed by atoms with Gasteiger partial charge in [0.25, 0.3) is 0 Å². The van der Waals surface area contributed by atoms with Crippen LogP contribution in [0.1, 0.15) is 125 Å². The standard InChI is InChI=1S/C23H40N2O12.C20H34N2O9.C16H29NO9.C7H12NO3.Y/c1-7-34-18(27)11-31-14-23(15-32-12-19(28)35-8-2,16-33-13-20(29)36-9-3)25-17(26)10-24-21(30)37-22(4,5)6;1-14(23)8-28-11-20(12-29-9-15(2)24,13-30-10-16(3)25)22-17(26)7-21-18(27)31-19(4,5)6;1-4-24-13(18)7-21-10-16(17,11-22-8-14(19)25-5-2)12-23-9-15(20)26-6-3;1-7(2,3)11-6(10)8-4-5-9;/h7-16H2,1-6H3,(H,24,30)(H,25,26);7-13H2,1-6H3,(H,21,27)(H,22,26);4-12,17H2,1-3H3;4H2,1-3H3,(H,8,10);/q;;;-1;. The summed E-state index contributed by atoms with van der Waals surface area (Å²) in [6.07, 6.45) is -0.666. The molecule has 0 aromatic carbocycles. The molecule has 39 nitrogen and oxygen atoms in total. The van der Waals surface area contributed by atoms with Gasteiger partial charge in [0.1, 0.15) is 100 Å². The molecule has 0 saturated heterocycles. The Morgan fingerprint density at radius 3 is 0.708 bits per heavy atom. The Balaban J connectivity index is -0.000000451. The molecule has 0 aliphatic heterocycles. The van der Waals surface area contributed by atoms with Gasteiger partial charge in [-0.3, -0.25) is 24.0 Å². The zero-order chi connectivity index (χ0) is 81.1. The molecule has 0 atom stereocenters. The smallest absolute Gasteiger partial charge is 0.408 e. The molecule has 0 bridgehead atoms. The van der Waals surface area contributed by atoms with Gasteiger partial charge in [-0.15, -0.1) is 0 Å². The van der Waals surface area contributed by atoms with E-state index in [9.17, 15) is 71.9 Å². The molecule has 0 unspecified atom stereocenters. The Hall–Kier alpha value is -7.05. The van der Waals surface area contributed by atoms with Gasteiger partial charge in [0, 0.05) is 32.7 Å². The summed E-state index contributed by atoms with van der Waals surface area (Å²) in [7, 11) is 0. The fraction of sp³-hybridized carbons (Fsp3) is 0.773. The van der Waals surface area contributed by atoms with Crippen molar-refractivity contribution in [2.75, 3.05) is 178 Å². The van der Waals surface area contributed by atoms with Crippen molar-refractivity contribution in [1.82, 2.24) is 26.6 Å². The van der Waals surface area contributed by atoms with Gasteiger partial charge in [-0.1, -0.05) is 6.54 Å². The molecule has 7 N–H and O–H groups in total. The molecular formula is C66H115N6O33Y-. The predicted octanol–water partition coefficient (Wildman–Crippen LogP) is 0.329. The first-order valence-corrected chi connectivity index (χ1v) is 33.2. The number of hydrogen-bond acceptors (Lipinski definition) is 34. The number of alkyl carbamates (subject to hydrolysis) is 3. The summed E-state index contributed by atoms with van der Waals surface area (Å²) in [5.41, 5.74) is 0.136. The molecule has 1 radical (unpaired) electrons. The molecule has 0 fully saturated rings. The van der Waals surface area contributed by atoms with E-state index in [-0.39, 0.29) is 195 Å². The van der Waals surface area contributed by atoms with Gasteiger partial charge >= 0.3 is 54.1 Å². The first-order chi connectivity index (χ1) is 48.9. The Kier molecular flexibility index (Phi) is 62.8. The van der Waals surface area contributed by atoms with E-state index in [1.807, 2.05) is 0 Å². The van der Waals surface area contributed by atoms with Gasteiger partial charge in [0.05, 0.1) is 105 Å². The third-order valence-corrected chi connectivity index (χ3v) is 10.6. The summed E-state index contributed by atoms with van der Waals surface area (Å²) in [6.45, 7) is 24.6. The minimum atomic E-state index is -1.49. The van der Waals surface area contributed by atoms with Crippen LogP contribution in [0.15, 0.2) is 0 Å². The number of carbonyl (C=O) groups excluding carboxylic acids is 15. The SMILES string of the molecule is CC(=O)COCC(COCC(C)=O)(COCC(C)=O)NC(=O)CNC(=O)OC(C)(C)C.CC(C)(C)OC(=O)NC[C-]=O.CCOC(=O)COCC(COCC(=O)OCC)(COCC(=O)OCC)NC(=O)CNC(=O)OC(C)(C)C.CCOC(=O)COCC(N)(COCC(=O)OCC)COCC(=O)OCC.[Y]. The van der Waals surface area contributed by atoms with Crippen molar-refractivity contribution in [1.29, 1.82) is 0 Å². The third kappa shape index (κ3) is 70.0. The summed E-state index contributed by atoms with van der Waals surface area (Å²) in [4.78, 5) is 172. The number of Topliss-reactive ketones (excluding diaryl/α,β-unsaturated/α-hetero) is 3. The van der Waals surface area contributed by atoms with Crippen LogP contribution in [-0.2, 0) is 176 Å². The van der Waals surface area contributed by atoms with Crippen LogP contribution in [0.5, 0.6) is 0 Å². The topological polar surface area (TPSA) is 508 Å². The maximum absolute atomic E-state index is 12.7. The number of ether oxygens (including phenoxy) is 18. The zero-order valence-corrected chi connectivity index (χ0v) is 67.6. The van der Waals surface area contributed by atoms with E-state index in [0.717, 1.165) is 0 Å². The minimum Gasteiger partial charge on any atom is -0.540 e. The average molecular weight is 1610 g/mol. The van der Waals surface area contributed by atoms with Gasteiger partial charge in [-0.2, -0.15) is 0 Å². The van der Waals surface area contributed by atoms with Crippen LogP contribution in [0.4, 0.5) is 14.4 Å². The number of hydrogen-bond donors (Lipinski definition) is 6. The van der Waals surface area contributed by atoms with Gasteiger partial charge in [0.15, 0.2) is 17.3 Å². The van der Waals surface area contributed by atoms with Crippen LogP contribution in [0, 0.1) is 0 Å². The van der Waals surface area contributed by atoms with Crippen LogP contribution in [0.25, 0.3) is 0 Å². The fourth-order valence-corrected chi connectivity index (χ4v) is 7.02. The van der Waals surface area contributed by atoms with Crippen LogP contribution >= 0.6 is 0 Å². The van der Waals surface area contributed by atoms with Gasteiger partial charge in [-0.05, 0) is 125 Å². The molecule has 0 aromatic rings. The number of nitrogens with one attached hydrogen (secondary N) is 5. The van der Waals surface area contributed by atoms with Crippen molar-refractivity contribution in [2.24, 2.45) is 5.73 Å². The normalized spacial score (nSPS) is 11.1. The molecule has 0 saturated carbocycles. The molecule has 0 aliphatic rings. The number of ketones is 3. The van der Waals surface area contributed by atoms with E-state index >= 15 is 0 Å². The summed E-state index contributed by atoms with van der Waals surface area (Å²) >= 11 is 0. The number of nitrogens with two attached hydrogens (primary N) is 1. The van der Waals surface area contributed by atoms with E-state index in [0.29, 0.717) is 0 Å². The van der Waals surface area contributed by atoms with E-state index in [1.54, 1.807) is 104 Å². The van der Waals surface area contributed by atoms with Gasteiger partial charge < -0.3 is 122 Å². The Labute approximate surface area is 644 Å². The average Bonchev–Trinajstić information content (AvgIpc) is 0.858. The van der Waals surface area contributed by atoms with Crippen LogP contribution < -0.4 is 32.3 Å². The van der Waals surface area contributed by atoms with Crippen molar-refractivity contribution in [2.45, 2.75) is 158 Å². The monoisotopic (exact) mass is 1610 g/mol. The second-order valence-electron chi connectivity index (χ2n) is 25.1. The number of carbonyl (C=O) groups is 14. The number of rotatable bonds is 50. The molecule has 0 rings (SSSR count). The first-order valence-electron chi connectivity index (χ1n) is 33.2. The minimum absolute atomic E-state index is 0. The van der Waals surface area contributed by atoms with Gasteiger partial charge in [-0.25, -0.2) is 49.4 Å². The molecule has 611 valence electrons. The molecule has 0 aromatic heterocycles. The van der Waals surface area contributed by atoms with Crippen LogP contribution in [-0.4, -0.2) is 301 Å². The fourth-order valence-electron chi connectivity index (χ4n) is 7.02. The van der Waals surface area contributed by atoms with E-state index in [4.69, 9.17) is 91.0 Å². The van der Waals surface area contributed by atoms with Crippen LogP contribution in [0.2, 0.25) is 0 Å². The first kappa shape index (κ1) is 108. The maximum atomic E-state index is 12.7. The Morgan fingerprint density at radius 1 is 0.321 bits per heavy atom. The second kappa shape index (κ2) is 61.9. The van der Waals surface area contributed by atoms with E-state index < -0.39 is 132 Å². The van der Waals surface area contributed by atoms with Crippen LogP contribution in [0.3, 0.4) is 0 Å². The molecular weight excluding hydrogens is 1490 g/mol. The molecule has 0 spiro atoms. The molecule has 0 aliphatic carbocycles. The summed E-state index contributed by atoms with van der Waals surface area (Å²) in [5.74, 6) is -5.54.